The van der Waals surface area contributed by atoms with Gasteiger partial charge in [0, 0.05) is 6.42 Å². The zero-order chi connectivity index (χ0) is 11.3. The van der Waals surface area contributed by atoms with Gasteiger partial charge in [-0.2, -0.15) is 0 Å². The highest BCUT2D eigenvalue weighted by Crippen LogP contribution is 2.08. The number of anilines is 1. The first-order valence-electron chi connectivity index (χ1n) is 4.14. The van der Waals surface area contributed by atoms with Gasteiger partial charge >= 0.3 is 5.97 Å². The van der Waals surface area contributed by atoms with Gasteiger partial charge in [-0.05, 0) is 6.42 Å². The Morgan fingerprint density at radius 3 is 2.93 bits per heavy atom. The number of hydrogen-bond acceptors (Lipinski definition) is 6. The first-order chi connectivity index (χ1) is 7.09. The van der Waals surface area contributed by atoms with E-state index in [1.165, 1.54) is 16.8 Å². The van der Waals surface area contributed by atoms with Crippen molar-refractivity contribution in [2.45, 2.75) is 18.9 Å². The molecule has 1 aromatic heterocycles. The molecule has 1 rings (SSSR count). The van der Waals surface area contributed by atoms with Gasteiger partial charge in [-0.15, -0.1) is 10.2 Å². The summed E-state index contributed by atoms with van der Waals surface area (Å²) in [5.41, 5.74) is 6.93. The van der Waals surface area contributed by atoms with Crippen molar-refractivity contribution in [1.29, 1.82) is 0 Å². The number of nitrogens with two attached hydrogens (primary N) is 1. The van der Waals surface area contributed by atoms with Gasteiger partial charge in [0.05, 0.1) is 6.04 Å². The maximum atomic E-state index is 11.3. The van der Waals surface area contributed by atoms with E-state index in [-0.39, 0.29) is 12.8 Å². The molecule has 0 spiro atoms. The van der Waals surface area contributed by atoms with E-state index in [4.69, 9.17) is 10.8 Å². The van der Waals surface area contributed by atoms with Crippen LogP contribution in [0.2, 0.25) is 0 Å². The Morgan fingerprint density at radius 2 is 2.40 bits per heavy atom. The van der Waals surface area contributed by atoms with Crippen LogP contribution in [0.4, 0.5) is 5.13 Å². The summed E-state index contributed by atoms with van der Waals surface area (Å²) in [6.45, 7) is 0. The molecule has 1 unspecified atom stereocenters. The molecule has 82 valence electrons. The van der Waals surface area contributed by atoms with E-state index in [2.05, 4.69) is 15.5 Å². The molecule has 7 nitrogen and oxygen atoms in total. The average Bonchev–Trinajstić information content (AvgIpc) is 2.66. The van der Waals surface area contributed by atoms with Gasteiger partial charge in [-0.3, -0.25) is 14.9 Å². The topological polar surface area (TPSA) is 118 Å². The summed E-state index contributed by atoms with van der Waals surface area (Å²) >= 11 is 1.17. The molecule has 8 heteroatoms. The normalized spacial score (nSPS) is 12.1. The zero-order valence-electron chi connectivity index (χ0n) is 7.71. The molecule has 0 bridgehead atoms. The molecular weight excluding hydrogens is 220 g/mol. The number of aromatic nitrogens is 2. The van der Waals surface area contributed by atoms with Gasteiger partial charge in [0.15, 0.2) is 0 Å². The van der Waals surface area contributed by atoms with Gasteiger partial charge in [-0.25, -0.2) is 0 Å². The van der Waals surface area contributed by atoms with E-state index in [0.29, 0.717) is 5.13 Å². The van der Waals surface area contributed by atoms with Crippen molar-refractivity contribution in [3.05, 3.63) is 5.51 Å². The minimum absolute atomic E-state index is 0.0972. The van der Waals surface area contributed by atoms with Crippen molar-refractivity contribution >= 4 is 28.3 Å². The lowest BCUT2D eigenvalue weighted by atomic mass is 10.1. The maximum Gasteiger partial charge on any atom is 0.303 e. The van der Waals surface area contributed by atoms with Crippen molar-refractivity contribution in [2.75, 3.05) is 5.32 Å². The number of nitrogens with one attached hydrogen (secondary N) is 1. The van der Waals surface area contributed by atoms with Crippen molar-refractivity contribution in [3.8, 4) is 0 Å². The molecule has 0 aliphatic heterocycles. The number of aliphatic carboxylic acids is 1. The second-order valence-electron chi connectivity index (χ2n) is 2.77. The van der Waals surface area contributed by atoms with Gasteiger partial charge in [0.2, 0.25) is 11.0 Å². The monoisotopic (exact) mass is 230 g/mol. The molecule has 0 aliphatic rings. The summed E-state index contributed by atoms with van der Waals surface area (Å²) in [6, 6.07) is -0.843. The average molecular weight is 230 g/mol. The van der Waals surface area contributed by atoms with Gasteiger partial charge < -0.3 is 10.8 Å². The van der Waals surface area contributed by atoms with Crippen molar-refractivity contribution < 1.29 is 14.7 Å². The molecule has 0 aromatic carbocycles. The minimum Gasteiger partial charge on any atom is -0.481 e. The Balaban J connectivity index is 2.36. The predicted octanol–water partition coefficient (Wildman–Crippen LogP) is -0.331. The van der Waals surface area contributed by atoms with E-state index in [0.717, 1.165) is 0 Å². The summed E-state index contributed by atoms with van der Waals surface area (Å²) in [5.74, 6) is -1.43. The van der Waals surface area contributed by atoms with E-state index < -0.39 is 17.9 Å². The fourth-order valence-corrected chi connectivity index (χ4v) is 1.28. The van der Waals surface area contributed by atoms with Crippen LogP contribution in [0.5, 0.6) is 0 Å². The van der Waals surface area contributed by atoms with Crippen LogP contribution in [-0.4, -0.2) is 33.2 Å². The Bertz CT molecular complexity index is 340. The molecule has 1 heterocycles. The molecule has 1 atom stereocenters. The van der Waals surface area contributed by atoms with Crippen LogP contribution >= 0.6 is 11.3 Å². The molecule has 0 saturated carbocycles. The van der Waals surface area contributed by atoms with Crippen LogP contribution in [0, 0.1) is 0 Å². The highest BCUT2D eigenvalue weighted by atomic mass is 32.1. The summed E-state index contributed by atoms with van der Waals surface area (Å²) in [4.78, 5) is 21.6. The maximum absolute atomic E-state index is 11.3. The van der Waals surface area contributed by atoms with Crippen molar-refractivity contribution in [3.63, 3.8) is 0 Å². The molecule has 0 aliphatic carbocycles. The third kappa shape index (κ3) is 4.00. The Kier molecular flexibility index (Phi) is 4.13. The van der Waals surface area contributed by atoms with E-state index in [1.807, 2.05) is 0 Å². The lowest BCUT2D eigenvalue weighted by Crippen LogP contribution is -2.36. The number of carboxylic acids is 1. The van der Waals surface area contributed by atoms with Crippen molar-refractivity contribution in [2.24, 2.45) is 5.73 Å². The van der Waals surface area contributed by atoms with E-state index >= 15 is 0 Å². The predicted molar refractivity (Wildman–Crippen MR) is 53.4 cm³/mol. The Labute approximate surface area is 89.3 Å². The SMILES string of the molecule is NC(CCC(=O)O)C(=O)Nc1nncs1. The summed E-state index contributed by atoms with van der Waals surface area (Å²) in [7, 11) is 0. The zero-order valence-corrected chi connectivity index (χ0v) is 8.53. The second kappa shape index (κ2) is 5.37. The van der Waals surface area contributed by atoms with Gasteiger partial charge in [-0.1, -0.05) is 11.3 Å². The van der Waals surface area contributed by atoms with Gasteiger partial charge in [0.1, 0.15) is 5.51 Å². The quantitative estimate of drug-likeness (QED) is 0.637. The van der Waals surface area contributed by atoms with E-state index in [1.54, 1.807) is 0 Å². The first-order valence-corrected chi connectivity index (χ1v) is 5.02. The van der Waals surface area contributed by atoms with Crippen LogP contribution in [-0.2, 0) is 9.59 Å². The molecule has 15 heavy (non-hydrogen) atoms. The molecule has 1 aromatic rings. The number of amides is 1. The molecule has 1 amide bonds. The lowest BCUT2D eigenvalue weighted by molar-refractivity contribution is -0.137. The largest absolute Gasteiger partial charge is 0.481 e. The highest BCUT2D eigenvalue weighted by molar-refractivity contribution is 7.13. The smallest absolute Gasteiger partial charge is 0.303 e. The molecule has 4 N–H and O–H groups in total. The molecule has 0 radical (unpaired) electrons. The number of carbonyl (C=O) groups excluding carboxylic acids is 1. The summed E-state index contributed by atoms with van der Waals surface area (Å²) in [6.07, 6.45) is -0.0370. The third-order valence-corrected chi connectivity index (χ3v) is 2.20. The minimum atomic E-state index is -0.978. The fourth-order valence-electron chi connectivity index (χ4n) is 0.836. The van der Waals surface area contributed by atoms with Crippen LogP contribution < -0.4 is 11.1 Å². The van der Waals surface area contributed by atoms with Crippen LogP contribution in [0.25, 0.3) is 0 Å². The van der Waals surface area contributed by atoms with E-state index in [9.17, 15) is 9.59 Å². The number of carbonyl (C=O) groups is 2. The van der Waals surface area contributed by atoms with Gasteiger partial charge in [0.25, 0.3) is 0 Å². The molecular formula is C7H10N4O3S. The summed E-state index contributed by atoms with van der Waals surface area (Å²) in [5, 5.41) is 18.3. The molecule has 0 fully saturated rings. The number of rotatable bonds is 5. The van der Waals surface area contributed by atoms with Crippen LogP contribution in [0.15, 0.2) is 5.51 Å². The summed E-state index contributed by atoms with van der Waals surface area (Å²) < 4.78 is 0. The number of hydrogen-bond donors (Lipinski definition) is 3. The Morgan fingerprint density at radius 1 is 1.67 bits per heavy atom. The Hall–Kier alpha value is -1.54. The highest BCUT2D eigenvalue weighted by Gasteiger charge is 2.15. The lowest BCUT2D eigenvalue weighted by Gasteiger charge is -2.08. The third-order valence-electron chi connectivity index (χ3n) is 1.60. The first kappa shape index (κ1) is 11.5. The van der Waals surface area contributed by atoms with Crippen molar-refractivity contribution in [1.82, 2.24) is 10.2 Å². The fraction of sp³-hybridized carbons (Fsp3) is 0.429. The van der Waals surface area contributed by atoms with Crippen LogP contribution in [0.3, 0.4) is 0 Å². The molecule has 0 saturated heterocycles. The number of carboxylic acid groups (broad SMARTS) is 1. The number of nitrogens with zero attached hydrogens (tertiary/aromatic N) is 2. The standard InChI is InChI=1S/C7H10N4O3S/c8-4(1-2-5(12)13)6(14)10-7-11-9-3-15-7/h3-4H,1-2,8H2,(H,12,13)(H,10,11,14). The second-order valence-corrected chi connectivity index (χ2v) is 3.61. The van der Waals surface area contributed by atoms with Crippen LogP contribution in [0.1, 0.15) is 12.8 Å².